The van der Waals surface area contributed by atoms with Crippen molar-refractivity contribution in [2.75, 3.05) is 58.9 Å². The van der Waals surface area contributed by atoms with Crippen LogP contribution in [-0.4, -0.2) is 81.0 Å². The van der Waals surface area contributed by atoms with Crippen molar-refractivity contribution in [1.29, 1.82) is 0 Å². The Labute approximate surface area is 256 Å². The Balaban J connectivity index is 0.000000225. The SMILES string of the molecule is CC(=O)N1CCc2cc(N3C[C@H](CN)OC3=O)ccc21.CCC(=O)N1CCc2cc(N3C[C@H](CN)OC3=O)ccc21.Cl.O. The zero-order valence-corrected chi connectivity index (χ0v) is 25.1. The largest absolute Gasteiger partial charge is 0.443 e. The van der Waals surface area contributed by atoms with Crippen LogP contribution in [-0.2, 0) is 31.9 Å². The van der Waals surface area contributed by atoms with Crippen LogP contribution in [0.1, 0.15) is 31.4 Å². The number of ether oxygens (including phenoxy) is 2. The maximum absolute atomic E-state index is 11.9. The lowest BCUT2D eigenvalue weighted by Gasteiger charge is -2.18. The van der Waals surface area contributed by atoms with Gasteiger partial charge in [0.15, 0.2) is 0 Å². The molecule has 2 aromatic rings. The first-order valence-corrected chi connectivity index (χ1v) is 13.9. The van der Waals surface area contributed by atoms with Crippen molar-refractivity contribution in [2.45, 2.75) is 45.3 Å². The molecule has 2 aromatic carbocycles. The van der Waals surface area contributed by atoms with E-state index in [0.717, 1.165) is 46.7 Å². The third kappa shape index (κ3) is 6.69. The lowest BCUT2D eigenvalue weighted by atomic mass is 10.1. The minimum absolute atomic E-state index is 0. The molecule has 0 aromatic heterocycles. The molecule has 234 valence electrons. The first kappa shape index (κ1) is 33.6. The fourth-order valence-corrected chi connectivity index (χ4v) is 5.60. The van der Waals surface area contributed by atoms with E-state index in [1.165, 1.54) is 0 Å². The predicted molar refractivity (Wildman–Crippen MR) is 165 cm³/mol. The van der Waals surface area contributed by atoms with Crippen LogP contribution in [0.25, 0.3) is 0 Å². The van der Waals surface area contributed by atoms with Gasteiger partial charge in [-0.15, -0.1) is 12.4 Å². The Hall–Kier alpha value is -3.91. The number of carbonyl (C=O) groups is 4. The molecule has 14 heteroatoms. The van der Waals surface area contributed by atoms with Crippen LogP contribution >= 0.6 is 12.4 Å². The minimum Gasteiger partial charge on any atom is -0.443 e. The van der Waals surface area contributed by atoms with E-state index in [4.69, 9.17) is 20.9 Å². The van der Waals surface area contributed by atoms with E-state index >= 15 is 0 Å². The third-order valence-electron chi connectivity index (χ3n) is 7.80. The number of halogens is 1. The molecule has 0 bridgehead atoms. The summed E-state index contributed by atoms with van der Waals surface area (Å²) in [5.74, 6) is 0.172. The fraction of sp³-hybridized carbons (Fsp3) is 0.448. The molecule has 6 rings (SSSR count). The topological polar surface area (TPSA) is 183 Å². The van der Waals surface area contributed by atoms with Gasteiger partial charge < -0.3 is 36.2 Å². The zero-order chi connectivity index (χ0) is 29.3. The second-order valence-electron chi connectivity index (χ2n) is 10.4. The molecule has 4 aliphatic rings. The van der Waals surface area contributed by atoms with Crippen LogP contribution in [0.5, 0.6) is 0 Å². The molecule has 0 unspecified atom stereocenters. The number of amides is 4. The summed E-state index contributed by atoms with van der Waals surface area (Å²) in [5, 5.41) is 0. The van der Waals surface area contributed by atoms with Gasteiger partial charge >= 0.3 is 12.2 Å². The molecule has 2 atom stereocenters. The highest BCUT2D eigenvalue weighted by Gasteiger charge is 2.34. The molecule has 2 saturated heterocycles. The van der Waals surface area contributed by atoms with Crippen molar-refractivity contribution < 1.29 is 34.1 Å². The van der Waals surface area contributed by atoms with Gasteiger partial charge in [-0.05, 0) is 60.4 Å². The van der Waals surface area contributed by atoms with Crippen LogP contribution in [0.3, 0.4) is 0 Å². The normalized spacial score (nSPS) is 19.9. The van der Waals surface area contributed by atoms with E-state index in [2.05, 4.69) is 0 Å². The molecule has 6 N–H and O–H groups in total. The smallest absolute Gasteiger partial charge is 0.414 e. The van der Waals surface area contributed by atoms with Gasteiger partial charge in [-0.25, -0.2) is 9.59 Å². The Kier molecular flexibility index (Phi) is 11.0. The number of cyclic esters (lactones) is 2. The summed E-state index contributed by atoms with van der Waals surface area (Å²) in [7, 11) is 0. The Morgan fingerprint density at radius 3 is 1.65 bits per heavy atom. The Bertz CT molecular complexity index is 1370. The molecule has 43 heavy (non-hydrogen) atoms. The number of nitrogens with two attached hydrogens (primary N) is 2. The maximum Gasteiger partial charge on any atom is 0.414 e. The van der Waals surface area contributed by atoms with Crippen molar-refractivity contribution in [3.05, 3.63) is 47.5 Å². The van der Waals surface area contributed by atoms with Gasteiger partial charge in [0.05, 0.1) is 13.1 Å². The van der Waals surface area contributed by atoms with Crippen LogP contribution in [0.4, 0.5) is 32.3 Å². The van der Waals surface area contributed by atoms with Gasteiger partial charge in [0, 0.05) is 62.3 Å². The lowest BCUT2D eigenvalue weighted by Crippen LogP contribution is -2.28. The molecule has 2 fully saturated rings. The van der Waals surface area contributed by atoms with Crippen LogP contribution in [0, 0.1) is 0 Å². The van der Waals surface area contributed by atoms with Crippen molar-refractivity contribution >= 4 is 59.2 Å². The van der Waals surface area contributed by atoms with E-state index in [0.29, 0.717) is 45.7 Å². The molecule has 13 nitrogen and oxygen atoms in total. The van der Waals surface area contributed by atoms with Gasteiger partial charge in [0.1, 0.15) is 12.2 Å². The van der Waals surface area contributed by atoms with E-state index in [1.807, 2.05) is 48.2 Å². The zero-order valence-electron chi connectivity index (χ0n) is 24.3. The number of carbonyl (C=O) groups excluding carboxylic acids is 4. The summed E-state index contributed by atoms with van der Waals surface area (Å²) in [6.45, 7) is 6.44. The van der Waals surface area contributed by atoms with Gasteiger partial charge in [-0.3, -0.25) is 19.4 Å². The first-order valence-electron chi connectivity index (χ1n) is 13.9. The maximum atomic E-state index is 11.9. The summed E-state index contributed by atoms with van der Waals surface area (Å²) >= 11 is 0. The summed E-state index contributed by atoms with van der Waals surface area (Å²) in [4.78, 5) is 53.8. The quantitative estimate of drug-likeness (QED) is 0.508. The molecular formula is C29H39ClN6O7. The molecule has 4 heterocycles. The average Bonchev–Trinajstić information content (AvgIpc) is 3.76. The van der Waals surface area contributed by atoms with Gasteiger partial charge in [0.2, 0.25) is 11.8 Å². The highest BCUT2D eigenvalue weighted by molar-refractivity contribution is 5.97. The summed E-state index contributed by atoms with van der Waals surface area (Å²) in [6.07, 6.45) is 0.919. The second-order valence-corrected chi connectivity index (χ2v) is 10.4. The summed E-state index contributed by atoms with van der Waals surface area (Å²) in [6, 6.07) is 11.4. The molecular weight excluding hydrogens is 580 g/mol. The molecule has 4 amide bonds. The monoisotopic (exact) mass is 618 g/mol. The van der Waals surface area contributed by atoms with Gasteiger partial charge in [0.25, 0.3) is 0 Å². The molecule has 0 aliphatic carbocycles. The number of anilines is 4. The molecule has 0 radical (unpaired) electrons. The first-order chi connectivity index (χ1) is 19.7. The van der Waals surface area contributed by atoms with E-state index in [-0.39, 0.29) is 54.1 Å². The van der Waals surface area contributed by atoms with Crippen LogP contribution in [0.15, 0.2) is 36.4 Å². The molecule has 4 aliphatic heterocycles. The van der Waals surface area contributed by atoms with E-state index in [1.54, 1.807) is 21.6 Å². The fourth-order valence-electron chi connectivity index (χ4n) is 5.60. The van der Waals surface area contributed by atoms with Crippen LogP contribution in [0.2, 0.25) is 0 Å². The summed E-state index contributed by atoms with van der Waals surface area (Å²) < 4.78 is 10.3. The Morgan fingerprint density at radius 1 is 0.814 bits per heavy atom. The highest BCUT2D eigenvalue weighted by Crippen LogP contribution is 2.34. The second kappa shape index (κ2) is 14.0. The number of benzene rings is 2. The highest BCUT2D eigenvalue weighted by atomic mass is 35.5. The number of nitrogens with zero attached hydrogens (tertiary/aromatic N) is 4. The average molecular weight is 619 g/mol. The number of hydrogen-bond acceptors (Lipinski definition) is 8. The van der Waals surface area contributed by atoms with Crippen molar-refractivity contribution in [3.8, 4) is 0 Å². The van der Waals surface area contributed by atoms with E-state index < -0.39 is 0 Å². The standard InChI is InChI=1S/C15H19N3O3.C14H17N3O3.ClH.H2O/c1-2-14(19)17-6-5-10-7-11(3-4-13(10)17)18-9-12(8-16)21-15(18)20;1-9(18)16-5-4-10-6-11(2-3-13(10)16)17-8-12(7-15)20-14(17)19;;/h3-4,7,12H,2,5-6,8-9,16H2,1H3;2-3,6,12H,4-5,7-8,15H2,1H3;1H;1H2/t2*12-;;/m00../s1. The van der Waals surface area contributed by atoms with Crippen molar-refractivity contribution in [1.82, 2.24) is 0 Å². The Morgan fingerprint density at radius 2 is 1.26 bits per heavy atom. The lowest BCUT2D eigenvalue weighted by molar-refractivity contribution is -0.118. The number of rotatable bonds is 5. The van der Waals surface area contributed by atoms with Gasteiger partial charge in [-0.1, -0.05) is 6.92 Å². The molecule has 0 spiro atoms. The summed E-state index contributed by atoms with van der Waals surface area (Å²) in [5.41, 5.74) is 16.7. The minimum atomic E-state index is -0.359. The third-order valence-corrected chi connectivity index (χ3v) is 7.80. The predicted octanol–water partition coefficient (Wildman–Crippen LogP) is 1.75. The van der Waals surface area contributed by atoms with Crippen LogP contribution < -0.4 is 31.1 Å². The van der Waals surface area contributed by atoms with Crippen molar-refractivity contribution in [2.24, 2.45) is 11.5 Å². The number of hydrogen-bond donors (Lipinski definition) is 2. The van der Waals surface area contributed by atoms with Gasteiger partial charge in [-0.2, -0.15) is 0 Å². The number of fused-ring (bicyclic) bond motifs is 2. The molecule has 0 saturated carbocycles. The van der Waals surface area contributed by atoms with E-state index in [9.17, 15) is 19.2 Å². The van der Waals surface area contributed by atoms with Crippen molar-refractivity contribution in [3.63, 3.8) is 0 Å².